The molecular weight excluding hydrogens is 240 g/mol. The van der Waals surface area contributed by atoms with Crippen LogP contribution in [-0.2, 0) is 5.54 Å². The number of hydrogen-bond donors (Lipinski definition) is 2. The van der Waals surface area contributed by atoms with E-state index in [1.54, 1.807) is 0 Å². The number of nitrogens with two attached hydrogens (primary N) is 1. The predicted molar refractivity (Wildman–Crippen MR) is 74.0 cm³/mol. The highest BCUT2D eigenvalue weighted by Gasteiger charge is 2.32. The summed E-state index contributed by atoms with van der Waals surface area (Å²) in [5.74, 6) is 1.48. The third-order valence-electron chi connectivity index (χ3n) is 3.83. The number of imidazole rings is 1. The number of hydrogen-bond acceptors (Lipinski definition) is 4. The quantitative estimate of drug-likeness (QED) is 0.888. The Hall–Kier alpha value is -1.62. The zero-order valence-corrected chi connectivity index (χ0v) is 11.3. The number of ether oxygens (including phenoxy) is 1. The molecule has 5 heteroatoms. The molecule has 3 rings (SSSR count). The molecule has 1 saturated carbocycles. The number of H-pyrrole nitrogens is 1. The SMILES string of the molecule is CCOc1ccc2[nH]c(C3(N)CCCCC3)nc2n1. The molecule has 0 aromatic carbocycles. The van der Waals surface area contributed by atoms with Gasteiger partial charge in [0, 0.05) is 6.07 Å². The van der Waals surface area contributed by atoms with E-state index in [1.807, 2.05) is 19.1 Å². The van der Waals surface area contributed by atoms with Crippen molar-refractivity contribution >= 4 is 11.2 Å². The van der Waals surface area contributed by atoms with Crippen LogP contribution in [0.25, 0.3) is 11.2 Å². The van der Waals surface area contributed by atoms with E-state index in [4.69, 9.17) is 10.5 Å². The van der Waals surface area contributed by atoms with E-state index in [0.717, 1.165) is 24.2 Å². The van der Waals surface area contributed by atoms with Gasteiger partial charge >= 0.3 is 0 Å². The highest BCUT2D eigenvalue weighted by Crippen LogP contribution is 2.34. The molecule has 0 aliphatic heterocycles. The molecule has 2 aromatic rings. The monoisotopic (exact) mass is 260 g/mol. The van der Waals surface area contributed by atoms with Crippen LogP contribution in [0.15, 0.2) is 12.1 Å². The molecule has 19 heavy (non-hydrogen) atoms. The fraction of sp³-hybridized carbons (Fsp3) is 0.571. The number of rotatable bonds is 3. The first-order valence-corrected chi connectivity index (χ1v) is 7.00. The molecule has 3 N–H and O–H groups in total. The summed E-state index contributed by atoms with van der Waals surface area (Å²) in [4.78, 5) is 12.3. The van der Waals surface area contributed by atoms with Crippen molar-refractivity contribution < 1.29 is 4.74 Å². The minimum absolute atomic E-state index is 0.315. The lowest BCUT2D eigenvalue weighted by molar-refractivity contribution is 0.289. The van der Waals surface area contributed by atoms with Crippen molar-refractivity contribution in [3.05, 3.63) is 18.0 Å². The molecule has 1 aliphatic rings. The first kappa shape index (κ1) is 12.4. The van der Waals surface area contributed by atoms with Crippen LogP contribution in [0.3, 0.4) is 0 Å². The van der Waals surface area contributed by atoms with Gasteiger partial charge in [0.1, 0.15) is 5.82 Å². The first-order chi connectivity index (χ1) is 9.21. The molecule has 0 amide bonds. The fourth-order valence-electron chi connectivity index (χ4n) is 2.76. The summed E-state index contributed by atoms with van der Waals surface area (Å²) < 4.78 is 5.40. The third-order valence-corrected chi connectivity index (χ3v) is 3.83. The van der Waals surface area contributed by atoms with Gasteiger partial charge in [-0.05, 0) is 25.8 Å². The number of nitrogens with zero attached hydrogens (tertiary/aromatic N) is 2. The number of fused-ring (bicyclic) bond motifs is 1. The van der Waals surface area contributed by atoms with Crippen molar-refractivity contribution in [3.63, 3.8) is 0 Å². The predicted octanol–water partition coefficient (Wildman–Crippen LogP) is 2.47. The Kier molecular flexibility index (Phi) is 3.14. The smallest absolute Gasteiger partial charge is 0.215 e. The summed E-state index contributed by atoms with van der Waals surface area (Å²) in [6.45, 7) is 2.55. The highest BCUT2D eigenvalue weighted by atomic mass is 16.5. The van der Waals surface area contributed by atoms with Crippen LogP contribution in [0.1, 0.15) is 44.9 Å². The van der Waals surface area contributed by atoms with Crippen molar-refractivity contribution in [2.75, 3.05) is 6.61 Å². The Bertz CT molecular complexity index is 572. The third kappa shape index (κ3) is 2.30. The van der Waals surface area contributed by atoms with Crippen LogP contribution < -0.4 is 10.5 Å². The average molecular weight is 260 g/mol. The molecule has 5 nitrogen and oxygen atoms in total. The van der Waals surface area contributed by atoms with Gasteiger partial charge in [-0.2, -0.15) is 4.98 Å². The lowest BCUT2D eigenvalue weighted by atomic mass is 9.82. The lowest BCUT2D eigenvalue weighted by Gasteiger charge is -2.31. The van der Waals surface area contributed by atoms with Gasteiger partial charge < -0.3 is 15.5 Å². The highest BCUT2D eigenvalue weighted by molar-refractivity contribution is 5.71. The van der Waals surface area contributed by atoms with Gasteiger partial charge in [0.25, 0.3) is 0 Å². The first-order valence-electron chi connectivity index (χ1n) is 7.00. The maximum Gasteiger partial charge on any atom is 0.215 e. The van der Waals surface area contributed by atoms with Gasteiger partial charge in [0.15, 0.2) is 5.65 Å². The van der Waals surface area contributed by atoms with Crippen molar-refractivity contribution in [1.29, 1.82) is 0 Å². The Morgan fingerprint density at radius 1 is 1.26 bits per heavy atom. The molecule has 0 spiro atoms. The zero-order valence-electron chi connectivity index (χ0n) is 11.3. The van der Waals surface area contributed by atoms with E-state index in [0.29, 0.717) is 18.1 Å². The van der Waals surface area contributed by atoms with Crippen LogP contribution >= 0.6 is 0 Å². The largest absolute Gasteiger partial charge is 0.478 e. The van der Waals surface area contributed by atoms with Crippen LogP contribution in [0.2, 0.25) is 0 Å². The van der Waals surface area contributed by atoms with Crippen LogP contribution in [0, 0.1) is 0 Å². The van der Waals surface area contributed by atoms with Gasteiger partial charge in [-0.3, -0.25) is 0 Å². The summed E-state index contributed by atoms with van der Waals surface area (Å²) in [5, 5.41) is 0. The minimum Gasteiger partial charge on any atom is -0.478 e. The Morgan fingerprint density at radius 3 is 2.79 bits per heavy atom. The number of nitrogens with one attached hydrogen (secondary N) is 1. The maximum absolute atomic E-state index is 6.49. The van der Waals surface area contributed by atoms with Crippen LogP contribution in [0.5, 0.6) is 5.88 Å². The van der Waals surface area contributed by atoms with E-state index < -0.39 is 0 Å². The van der Waals surface area contributed by atoms with Gasteiger partial charge in [0.2, 0.25) is 5.88 Å². The summed E-state index contributed by atoms with van der Waals surface area (Å²) in [6, 6.07) is 3.81. The van der Waals surface area contributed by atoms with E-state index in [9.17, 15) is 0 Å². The minimum atomic E-state index is -0.315. The van der Waals surface area contributed by atoms with Crippen molar-refractivity contribution in [2.24, 2.45) is 5.73 Å². The summed E-state index contributed by atoms with van der Waals surface area (Å²) >= 11 is 0. The number of aromatic nitrogens is 3. The maximum atomic E-state index is 6.49. The van der Waals surface area contributed by atoms with Gasteiger partial charge in [-0.1, -0.05) is 19.3 Å². The molecule has 0 unspecified atom stereocenters. The van der Waals surface area contributed by atoms with Crippen molar-refractivity contribution in [1.82, 2.24) is 15.0 Å². The van der Waals surface area contributed by atoms with Crippen molar-refractivity contribution in [2.45, 2.75) is 44.6 Å². The summed E-state index contributed by atoms with van der Waals surface area (Å²) in [5.41, 5.74) is 7.79. The van der Waals surface area contributed by atoms with E-state index in [2.05, 4.69) is 15.0 Å². The van der Waals surface area contributed by atoms with Gasteiger partial charge in [0.05, 0.1) is 17.7 Å². The fourth-order valence-corrected chi connectivity index (χ4v) is 2.76. The molecule has 2 heterocycles. The molecule has 102 valence electrons. The second-order valence-corrected chi connectivity index (χ2v) is 5.26. The number of aromatic amines is 1. The number of pyridine rings is 1. The summed E-state index contributed by atoms with van der Waals surface area (Å²) in [7, 11) is 0. The molecule has 1 fully saturated rings. The van der Waals surface area contributed by atoms with Crippen molar-refractivity contribution in [3.8, 4) is 5.88 Å². The van der Waals surface area contributed by atoms with E-state index in [1.165, 1.54) is 19.3 Å². The molecule has 1 aliphatic carbocycles. The molecule has 0 atom stereocenters. The second-order valence-electron chi connectivity index (χ2n) is 5.26. The summed E-state index contributed by atoms with van der Waals surface area (Å²) in [6.07, 6.45) is 5.60. The molecule has 2 aromatic heterocycles. The molecule has 0 bridgehead atoms. The normalized spacial score (nSPS) is 18.6. The van der Waals surface area contributed by atoms with E-state index in [-0.39, 0.29) is 5.54 Å². The standard InChI is InChI=1S/C14H20N4O/c1-2-19-11-7-6-10-12(17-11)18-13(16-10)14(15)8-4-3-5-9-14/h6-7H,2-5,8-9,15H2,1H3,(H,16,17,18). The molecular formula is C14H20N4O. The lowest BCUT2D eigenvalue weighted by Crippen LogP contribution is -2.39. The Balaban J connectivity index is 1.96. The second kappa shape index (κ2) is 4.81. The van der Waals surface area contributed by atoms with Crippen LogP contribution in [0.4, 0.5) is 0 Å². The zero-order chi connectivity index (χ0) is 13.3. The van der Waals surface area contributed by atoms with Crippen LogP contribution in [-0.4, -0.2) is 21.6 Å². The molecule has 0 saturated heterocycles. The average Bonchev–Trinajstić information content (AvgIpc) is 2.84. The molecule has 0 radical (unpaired) electrons. The van der Waals surface area contributed by atoms with E-state index >= 15 is 0 Å². The Labute approximate surface area is 112 Å². The topological polar surface area (TPSA) is 76.8 Å². The Morgan fingerprint density at radius 2 is 2.05 bits per heavy atom. The van der Waals surface area contributed by atoms with Gasteiger partial charge in [-0.25, -0.2) is 4.98 Å². The van der Waals surface area contributed by atoms with Gasteiger partial charge in [-0.15, -0.1) is 0 Å².